The molecule has 2 aromatic heterocycles. The predicted molar refractivity (Wildman–Crippen MR) is 92.7 cm³/mol. The molecule has 25 heavy (non-hydrogen) atoms. The molecule has 0 aliphatic rings. The number of halogens is 3. The highest BCUT2D eigenvalue weighted by atomic mass is 79.9. The third-order valence-corrected chi connectivity index (χ3v) is 4.20. The summed E-state index contributed by atoms with van der Waals surface area (Å²) in [5, 5.41) is 8.91. The lowest BCUT2D eigenvalue weighted by molar-refractivity contribution is -0.116. The maximum absolute atomic E-state index is 12.1. The Labute approximate surface area is 153 Å². The van der Waals surface area contributed by atoms with Gasteiger partial charge in [-0.1, -0.05) is 0 Å². The van der Waals surface area contributed by atoms with Crippen LogP contribution >= 0.6 is 27.3 Å². The van der Waals surface area contributed by atoms with Crippen molar-refractivity contribution >= 4 is 38.3 Å². The normalized spacial score (nSPS) is 10.9. The second-order valence-corrected chi connectivity index (χ2v) is 6.62. The highest BCUT2D eigenvalue weighted by Crippen LogP contribution is 2.27. The lowest BCUT2D eigenvalue weighted by Gasteiger charge is -2.04. The molecule has 130 valence electrons. The van der Waals surface area contributed by atoms with Crippen LogP contribution in [0.4, 0.5) is 13.9 Å². The van der Waals surface area contributed by atoms with Gasteiger partial charge in [0.15, 0.2) is 5.13 Å². The first-order chi connectivity index (χ1) is 12.0. The molecule has 0 aliphatic carbocycles. The Kier molecular flexibility index (Phi) is 5.39. The lowest BCUT2D eigenvalue weighted by Crippen LogP contribution is -2.18. The van der Waals surface area contributed by atoms with Crippen molar-refractivity contribution in [3.05, 3.63) is 46.5 Å². The molecule has 10 heteroatoms. The number of carbonyl (C=O) groups excluding carboxylic acids is 1. The molecule has 3 rings (SSSR count). The van der Waals surface area contributed by atoms with E-state index in [1.165, 1.54) is 28.2 Å². The average molecular weight is 429 g/mol. The van der Waals surface area contributed by atoms with E-state index in [2.05, 4.69) is 36.1 Å². The zero-order valence-corrected chi connectivity index (χ0v) is 14.9. The number of aromatic nitrogens is 3. The van der Waals surface area contributed by atoms with Crippen molar-refractivity contribution in [1.82, 2.24) is 14.8 Å². The summed E-state index contributed by atoms with van der Waals surface area (Å²) in [6.45, 7) is -2.79. The Morgan fingerprint density at radius 1 is 1.36 bits per heavy atom. The molecular weight excluding hydrogens is 418 g/mol. The van der Waals surface area contributed by atoms with Gasteiger partial charge in [-0.2, -0.15) is 13.9 Å². The summed E-state index contributed by atoms with van der Waals surface area (Å²) in [7, 11) is 0. The summed E-state index contributed by atoms with van der Waals surface area (Å²) >= 11 is 4.53. The summed E-state index contributed by atoms with van der Waals surface area (Å²) in [4.78, 5) is 16.3. The monoisotopic (exact) mass is 428 g/mol. The molecule has 0 aliphatic heterocycles. The number of nitrogens with zero attached hydrogens (tertiary/aromatic N) is 3. The van der Waals surface area contributed by atoms with Gasteiger partial charge in [0.1, 0.15) is 12.3 Å². The Bertz CT molecular complexity index is 867. The van der Waals surface area contributed by atoms with Crippen molar-refractivity contribution in [2.75, 3.05) is 5.32 Å². The lowest BCUT2D eigenvalue weighted by atomic mass is 10.2. The van der Waals surface area contributed by atoms with Crippen molar-refractivity contribution in [1.29, 1.82) is 0 Å². The van der Waals surface area contributed by atoms with Crippen LogP contribution in [0.2, 0.25) is 0 Å². The summed E-state index contributed by atoms with van der Waals surface area (Å²) in [6, 6.07) is 6.13. The molecule has 1 N–H and O–H groups in total. The zero-order valence-electron chi connectivity index (χ0n) is 12.5. The first-order valence-electron chi connectivity index (χ1n) is 6.98. The van der Waals surface area contributed by atoms with Gasteiger partial charge in [-0.05, 0) is 40.2 Å². The number of anilines is 1. The van der Waals surface area contributed by atoms with E-state index in [1.807, 2.05) is 0 Å². The molecule has 2 heterocycles. The van der Waals surface area contributed by atoms with Crippen LogP contribution in [0.1, 0.15) is 0 Å². The van der Waals surface area contributed by atoms with Gasteiger partial charge in [-0.3, -0.25) is 9.48 Å². The van der Waals surface area contributed by atoms with Gasteiger partial charge in [-0.15, -0.1) is 11.3 Å². The largest absolute Gasteiger partial charge is 0.435 e. The fourth-order valence-electron chi connectivity index (χ4n) is 2.00. The maximum Gasteiger partial charge on any atom is 0.387 e. The second kappa shape index (κ2) is 7.70. The minimum atomic E-state index is -2.86. The van der Waals surface area contributed by atoms with Crippen molar-refractivity contribution in [3.63, 3.8) is 0 Å². The Hall–Kier alpha value is -2.33. The average Bonchev–Trinajstić information content (AvgIpc) is 3.17. The number of ether oxygens (including phenoxy) is 1. The molecule has 0 bridgehead atoms. The Morgan fingerprint density at radius 2 is 2.12 bits per heavy atom. The van der Waals surface area contributed by atoms with Gasteiger partial charge in [0.25, 0.3) is 0 Å². The molecule has 0 saturated heterocycles. The van der Waals surface area contributed by atoms with E-state index in [9.17, 15) is 13.6 Å². The molecule has 0 fully saturated rings. The van der Waals surface area contributed by atoms with Gasteiger partial charge in [0, 0.05) is 17.1 Å². The minimum absolute atomic E-state index is 0.0696. The van der Waals surface area contributed by atoms with Crippen LogP contribution in [0.15, 0.2) is 46.5 Å². The quantitative estimate of drug-likeness (QED) is 0.643. The van der Waals surface area contributed by atoms with Crippen molar-refractivity contribution in [2.45, 2.75) is 13.2 Å². The molecule has 1 aromatic carbocycles. The van der Waals surface area contributed by atoms with Crippen LogP contribution in [-0.4, -0.2) is 27.3 Å². The highest BCUT2D eigenvalue weighted by Gasteiger charge is 2.10. The number of hydrogen-bond donors (Lipinski definition) is 1. The van der Waals surface area contributed by atoms with Crippen LogP contribution in [0.3, 0.4) is 0 Å². The number of hydrogen-bond acceptors (Lipinski definition) is 5. The minimum Gasteiger partial charge on any atom is -0.435 e. The predicted octanol–water partition coefficient (Wildman–Crippen LogP) is 4.01. The zero-order chi connectivity index (χ0) is 17.8. The van der Waals surface area contributed by atoms with E-state index in [4.69, 9.17) is 0 Å². The second-order valence-electron chi connectivity index (χ2n) is 4.85. The van der Waals surface area contributed by atoms with Gasteiger partial charge in [0.2, 0.25) is 5.91 Å². The molecule has 0 spiro atoms. The summed E-state index contributed by atoms with van der Waals surface area (Å²) in [6.07, 6.45) is 3.28. The number of alkyl halides is 2. The van der Waals surface area contributed by atoms with Gasteiger partial charge in [0.05, 0.1) is 16.4 Å². The third kappa shape index (κ3) is 4.83. The van der Waals surface area contributed by atoms with Gasteiger partial charge >= 0.3 is 6.61 Å². The fraction of sp³-hybridized carbons (Fsp3) is 0.133. The Morgan fingerprint density at radius 3 is 2.76 bits per heavy atom. The summed E-state index contributed by atoms with van der Waals surface area (Å²) in [5.74, 6) is -0.176. The van der Waals surface area contributed by atoms with E-state index < -0.39 is 6.61 Å². The number of amides is 1. The van der Waals surface area contributed by atoms with Gasteiger partial charge in [-0.25, -0.2) is 4.98 Å². The number of carbonyl (C=O) groups is 1. The van der Waals surface area contributed by atoms with Crippen LogP contribution in [0.25, 0.3) is 11.3 Å². The highest BCUT2D eigenvalue weighted by molar-refractivity contribution is 9.10. The molecule has 0 unspecified atom stereocenters. The third-order valence-electron chi connectivity index (χ3n) is 3.03. The molecular formula is C15H11BrF2N4O2S. The maximum atomic E-state index is 12.1. The summed E-state index contributed by atoms with van der Waals surface area (Å²) in [5.41, 5.74) is 1.36. The topological polar surface area (TPSA) is 69.0 Å². The molecule has 3 aromatic rings. The van der Waals surface area contributed by atoms with E-state index in [1.54, 1.807) is 29.9 Å². The number of benzene rings is 1. The SMILES string of the molecule is O=C(Cn1cc(Br)cn1)Nc1nc(-c2ccc(OC(F)F)cc2)cs1. The number of thiazole rings is 1. The first kappa shape index (κ1) is 17.5. The molecule has 0 radical (unpaired) electrons. The van der Waals surface area contributed by atoms with Gasteiger partial charge < -0.3 is 10.1 Å². The van der Waals surface area contributed by atoms with Crippen LogP contribution in [0.5, 0.6) is 5.75 Å². The van der Waals surface area contributed by atoms with Crippen molar-refractivity contribution in [3.8, 4) is 17.0 Å². The number of rotatable bonds is 6. The van der Waals surface area contributed by atoms with Crippen LogP contribution in [-0.2, 0) is 11.3 Å². The van der Waals surface area contributed by atoms with E-state index in [0.717, 1.165) is 10.0 Å². The van der Waals surface area contributed by atoms with Crippen molar-refractivity contribution in [2.24, 2.45) is 0 Å². The summed E-state index contributed by atoms with van der Waals surface area (Å²) < 4.78 is 30.9. The van der Waals surface area contributed by atoms with Crippen molar-refractivity contribution < 1.29 is 18.3 Å². The molecule has 0 saturated carbocycles. The standard InChI is InChI=1S/C15H11BrF2N4O2S/c16-10-5-19-22(6-10)7-13(23)21-15-20-12(8-25-15)9-1-3-11(4-2-9)24-14(17)18/h1-6,8,14H,7H2,(H,20,21,23). The fourth-order valence-corrected chi connectivity index (χ4v) is 3.07. The number of nitrogens with one attached hydrogen (secondary N) is 1. The molecule has 6 nitrogen and oxygen atoms in total. The smallest absolute Gasteiger partial charge is 0.387 e. The Balaban J connectivity index is 1.62. The van der Waals surface area contributed by atoms with Crippen LogP contribution in [0, 0.1) is 0 Å². The first-order valence-corrected chi connectivity index (χ1v) is 8.65. The van der Waals surface area contributed by atoms with E-state index in [-0.39, 0.29) is 18.2 Å². The van der Waals surface area contributed by atoms with E-state index >= 15 is 0 Å². The molecule has 1 amide bonds. The van der Waals surface area contributed by atoms with Crippen LogP contribution < -0.4 is 10.1 Å². The van der Waals surface area contributed by atoms with E-state index in [0.29, 0.717) is 10.8 Å². The molecule has 0 atom stereocenters.